The lowest BCUT2D eigenvalue weighted by atomic mass is 10.1. The highest BCUT2D eigenvalue weighted by molar-refractivity contribution is 6.23. The van der Waals surface area contributed by atoms with Crippen molar-refractivity contribution in [2.45, 2.75) is 12.7 Å². The van der Waals surface area contributed by atoms with E-state index in [0.717, 1.165) is 12.1 Å². The van der Waals surface area contributed by atoms with Crippen molar-refractivity contribution in [3.05, 3.63) is 71.0 Å². The molecule has 144 valence electrons. The molecular weight excluding hydrogens is 376 g/mol. The second-order valence-electron chi connectivity index (χ2n) is 6.47. The maximum Gasteiger partial charge on any atom is 0.416 e. The van der Waals surface area contributed by atoms with Gasteiger partial charge in [-0.1, -0.05) is 12.1 Å². The van der Waals surface area contributed by atoms with Gasteiger partial charge in [-0.25, -0.2) is 9.37 Å². The molecule has 3 N–H and O–H groups in total. The van der Waals surface area contributed by atoms with E-state index in [0.29, 0.717) is 16.6 Å². The molecule has 3 aromatic rings. The van der Waals surface area contributed by atoms with Gasteiger partial charge < -0.3 is 15.0 Å². The molecule has 0 saturated carbocycles. The molecule has 0 atom stereocenters. The molecule has 0 saturated heterocycles. The third-order valence-corrected chi connectivity index (χ3v) is 4.49. The Morgan fingerprint density at radius 2 is 1.96 bits per heavy atom. The van der Waals surface area contributed by atoms with Crippen LogP contribution in [0.15, 0.2) is 48.2 Å². The zero-order valence-corrected chi connectivity index (χ0v) is 14.3. The smallest absolute Gasteiger partial charge is 0.416 e. The second kappa shape index (κ2) is 6.36. The fourth-order valence-corrected chi connectivity index (χ4v) is 3.18. The molecule has 0 radical (unpaired) electrons. The summed E-state index contributed by atoms with van der Waals surface area (Å²) in [5.41, 5.74) is 0.622. The van der Waals surface area contributed by atoms with Crippen molar-refractivity contribution in [2.24, 2.45) is 0 Å². The molecule has 28 heavy (non-hydrogen) atoms. The summed E-state index contributed by atoms with van der Waals surface area (Å²) in [6.45, 7) is -0.0129. The number of imidazole rings is 1. The minimum atomic E-state index is -4.45. The summed E-state index contributed by atoms with van der Waals surface area (Å²) >= 11 is 0. The number of nitrogens with one attached hydrogen (secondary N) is 2. The topological polar surface area (TPSA) is 76.0 Å². The van der Waals surface area contributed by atoms with Gasteiger partial charge in [0.25, 0.3) is 0 Å². The molecule has 4 rings (SSSR count). The standard InChI is InChI=1S/C19H14F4N4O/c20-12-4-5-13-14(7-12)26-18(25-13)16-15(28)9-27(17(16)24)8-10-2-1-3-11(6-10)19(21,22)23/h1-7,24,28H,8-9H2,(H,25,26). The fourth-order valence-electron chi connectivity index (χ4n) is 3.18. The molecule has 2 aromatic carbocycles. The Hall–Kier alpha value is -3.36. The highest BCUT2D eigenvalue weighted by Crippen LogP contribution is 2.31. The number of aliphatic hydroxyl groups is 1. The van der Waals surface area contributed by atoms with Gasteiger partial charge in [-0.3, -0.25) is 5.41 Å². The van der Waals surface area contributed by atoms with E-state index in [1.165, 1.54) is 35.2 Å². The molecule has 0 fully saturated rings. The van der Waals surface area contributed by atoms with E-state index in [1.807, 2.05) is 0 Å². The SMILES string of the molecule is N=C1C(c2nc3ccc(F)cc3[nH]2)=C(O)CN1Cc1cccc(C(F)(F)F)c1. The van der Waals surface area contributed by atoms with Crippen molar-refractivity contribution in [2.75, 3.05) is 6.54 Å². The number of aromatic amines is 1. The van der Waals surface area contributed by atoms with Crippen molar-refractivity contribution >= 4 is 22.4 Å². The Morgan fingerprint density at radius 3 is 2.71 bits per heavy atom. The highest BCUT2D eigenvalue weighted by Gasteiger charge is 2.32. The molecule has 0 unspecified atom stereocenters. The summed E-state index contributed by atoms with van der Waals surface area (Å²) < 4.78 is 52.0. The number of nitrogens with zero attached hydrogens (tertiary/aromatic N) is 2. The first-order valence-electron chi connectivity index (χ1n) is 8.30. The zero-order chi connectivity index (χ0) is 20.1. The van der Waals surface area contributed by atoms with Crippen LogP contribution >= 0.6 is 0 Å². The number of alkyl halides is 3. The average molecular weight is 390 g/mol. The first-order chi connectivity index (χ1) is 13.2. The lowest BCUT2D eigenvalue weighted by molar-refractivity contribution is -0.137. The van der Waals surface area contributed by atoms with E-state index in [-0.39, 0.29) is 36.1 Å². The summed E-state index contributed by atoms with van der Waals surface area (Å²) in [6.07, 6.45) is -4.45. The molecule has 0 bridgehead atoms. The van der Waals surface area contributed by atoms with E-state index in [4.69, 9.17) is 5.41 Å². The molecule has 5 nitrogen and oxygen atoms in total. The molecule has 0 aliphatic carbocycles. The number of hydrogen-bond acceptors (Lipinski definition) is 3. The van der Waals surface area contributed by atoms with Crippen LogP contribution in [0, 0.1) is 11.2 Å². The Bertz CT molecular complexity index is 1120. The quantitative estimate of drug-likeness (QED) is 0.577. The molecule has 9 heteroatoms. The Morgan fingerprint density at radius 1 is 1.18 bits per heavy atom. The average Bonchev–Trinajstić information content (AvgIpc) is 3.14. The zero-order valence-electron chi connectivity index (χ0n) is 14.3. The summed E-state index contributed by atoms with van der Waals surface area (Å²) in [5, 5.41) is 18.6. The van der Waals surface area contributed by atoms with Crippen LogP contribution in [0.1, 0.15) is 17.0 Å². The summed E-state index contributed by atoms with van der Waals surface area (Å²) in [6, 6.07) is 8.81. The number of halogens is 4. The minimum Gasteiger partial charge on any atom is -0.510 e. The lowest BCUT2D eigenvalue weighted by Crippen LogP contribution is -2.26. The van der Waals surface area contributed by atoms with Crippen molar-refractivity contribution in [3.63, 3.8) is 0 Å². The van der Waals surface area contributed by atoms with Gasteiger partial charge >= 0.3 is 6.18 Å². The Kier molecular flexibility index (Phi) is 4.10. The highest BCUT2D eigenvalue weighted by atomic mass is 19.4. The molecule has 1 aromatic heterocycles. The third-order valence-electron chi connectivity index (χ3n) is 4.49. The van der Waals surface area contributed by atoms with E-state index < -0.39 is 17.6 Å². The monoisotopic (exact) mass is 390 g/mol. The fraction of sp³-hybridized carbons (Fsp3) is 0.158. The molecule has 0 amide bonds. The largest absolute Gasteiger partial charge is 0.510 e. The van der Waals surface area contributed by atoms with Crippen LogP contribution < -0.4 is 0 Å². The number of benzene rings is 2. The van der Waals surface area contributed by atoms with Gasteiger partial charge in [-0.05, 0) is 35.9 Å². The van der Waals surface area contributed by atoms with Crippen LogP contribution in [0.4, 0.5) is 17.6 Å². The van der Waals surface area contributed by atoms with Crippen molar-refractivity contribution in [1.29, 1.82) is 5.41 Å². The summed E-state index contributed by atoms with van der Waals surface area (Å²) in [7, 11) is 0. The predicted octanol–water partition coefficient (Wildman–Crippen LogP) is 4.48. The van der Waals surface area contributed by atoms with E-state index in [2.05, 4.69) is 9.97 Å². The Balaban J connectivity index is 1.59. The number of aromatic nitrogens is 2. The van der Waals surface area contributed by atoms with Crippen LogP contribution in [0.3, 0.4) is 0 Å². The minimum absolute atomic E-state index is 0.0190. The molecule has 1 aliphatic heterocycles. The van der Waals surface area contributed by atoms with Crippen LogP contribution in [0.25, 0.3) is 16.6 Å². The third kappa shape index (κ3) is 3.19. The van der Waals surface area contributed by atoms with Gasteiger partial charge in [0.1, 0.15) is 23.2 Å². The maximum atomic E-state index is 13.4. The lowest BCUT2D eigenvalue weighted by Gasteiger charge is -2.19. The molecular formula is C19H14F4N4O. The number of H-pyrrole nitrogens is 1. The van der Waals surface area contributed by atoms with Gasteiger partial charge in [0.2, 0.25) is 0 Å². The summed E-state index contributed by atoms with van der Waals surface area (Å²) in [4.78, 5) is 8.57. The van der Waals surface area contributed by atoms with Gasteiger partial charge in [0, 0.05) is 6.54 Å². The van der Waals surface area contributed by atoms with Gasteiger partial charge in [0.05, 0.1) is 28.7 Å². The maximum absolute atomic E-state index is 13.4. The van der Waals surface area contributed by atoms with E-state index in [1.54, 1.807) is 0 Å². The molecule has 0 spiro atoms. The number of aliphatic hydroxyl groups excluding tert-OH is 1. The van der Waals surface area contributed by atoms with E-state index in [9.17, 15) is 22.7 Å². The van der Waals surface area contributed by atoms with Gasteiger partial charge in [-0.15, -0.1) is 0 Å². The van der Waals surface area contributed by atoms with Crippen LogP contribution in [0.5, 0.6) is 0 Å². The van der Waals surface area contributed by atoms with Crippen molar-refractivity contribution in [3.8, 4) is 0 Å². The van der Waals surface area contributed by atoms with Gasteiger partial charge in [-0.2, -0.15) is 13.2 Å². The Labute approximate surface area is 156 Å². The van der Waals surface area contributed by atoms with Crippen LogP contribution in [-0.2, 0) is 12.7 Å². The van der Waals surface area contributed by atoms with Crippen molar-refractivity contribution < 1.29 is 22.7 Å². The summed E-state index contributed by atoms with van der Waals surface area (Å²) in [5.74, 6) is -0.450. The molecule has 1 aliphatic rings. The number of hydrogen-bond donors (Lipinski definition) is 3. The van der Waals surface area contributed by atoms with E-state index >= 15 is 0 Å². The number of rotatable bonds is 3. The number of fused-ring (bicyclic) bond motifs is 1. The van der Waals surface area contributed by atoms with Crippen molar-refractivity contribution in [1.82, 2.24) is 14.9 Å². The predicted molar refractivity (Wildman–Crippen MR) is 95.2 cm³/mol. The first-order valence-corrected chi connectivity index (χ1v) is 8.30. The normalized spacial score (nSPS) is 15.1. The second-order valence-corrected chi connectivity index (χ2v) is 6.47. The van der Waals surface area contributed by atoms with Crippen LogP contribution in [-0.4, -0.2) is 32.4 Å². The van der Waals surface area contributed by atoms with Gasteiger partial charge in [0.15, 0.2) is 0 Å². The molecule has 2 heterocycles. The van der Waals surface area contributed by atoms with Crippen LogP contribution in [0.2, 0.25) is 0 Å². The number of amidine groups is 1. The first kappa shape index (κ1) is 18.0.